The Bertz CT molecular complexity index is 889. The average molecular weight is 427 g/mol. The van der Waals surface area contributed by atoms with Crippen LogP contribution in [-0.4, -0.2) is 85.2 Å². The van der Waals surface area contributed by atoms with Gasteiger partial charge in [0.15, 0.2) is 11.5 Å². The lowest BCUT2D eigenvalue weighted by atomic mass is 9.98. The molecule has 2 atom stereocenters. The smallest absolute Gasteiger partial charge is 0.231 e. The fourth-order valence-corrected chi connectivity index (χ4v) is 4.90. The molecule has 0 aliphatic carbocycles. The summed E-state index contributed by atoms with van der Waals surface area (Å²) in [5.41, 5.74) is 1.06. The molecule has 2 saturated heterocycles. The molecule has 0 unspecified atom stereocenters. The third kappa shape index (κ3) is 4.28. The Morgan fingerprint density at radius 1 is 1.10 bits per heavy atom. The van der Waals surface area contributed by atoms with Crippen molar-refractivity contribution in [1.29, 1.82) is 0 Å². The van der Waals surface area contributed by atoms with Crippen molar-refractivity contribution in [2.75, 3.05) is 58.1 Å². The van der Waals surface area contributed by atoms with Gasteiger partial charge in [0.1, 0.15) is 11.6 Å². The normalized spacial score (nSPS) is 24.4. The van der Waals surface area contributed by atoms with Gasteiger partial charge in [0.2, 0.25) is 6.79 Å². The quantitative estimate of drug-likeness (QED) is 0.773. The number of ether oxygens (including phenoxy) is 3. The minimum absolute atomic E-state index is 0.209. The van der Waals surface area contributed by atoms with Crippen LogP contribution in [0.4, 0.5) is 5.82 Å². The van der Waals surface area contributed by atoms with Crippen molar-refractivity contribution in [1.82, 2.24) is 14.8 Å². The number of fused-ring (bicyclic) bond motifs is 1. The summed E-state index contributed by atoms with van der Waals surface area (Å²) in [6.45, 7) is 6.36. The molecule has 1 aromatic carbocycles. The van der Waals surface area contributed by atoms with Gasteiger partial charge in [-0.2, -0.15) is 0 Å². The number of aliphatic hydroxyl groups excluding tert-OH is 1. The fourth-order valence-electron chi connectivity index (χ4n) is 4.90. The van der Waals surface area contributed by atoms with E-state index in [1.54, 1.807) is 7.11 Å². The molecule has 2 fully saturated rings. The predicted octanol–water partition coefficient (Wildman–Crippen LogP) is 1.58. The second kappa shape index (κ2) is 8.90. The summed E-state index contributed by atoms with van der Waals surface area (Å²) in [6.07, 6.45) is 2.43. The zero-order valence-electron chi connectivity index (χ0n) is 17.9. The molecule has 1 N–H and O–H groups in total. The van der Waals surface area contributed by atoms with Gasteiger partial charge in [-0.05, 0) is 24.6 Å². The van der Waals surface area contributed by atoms with E-state index in [4.69, 9.17) is 14.2 Å². The summed E-state index contributed by atoms with van der Waals surface area (Å²) in [6, 6.07) is 10.1. The van der Waals surface area contributed by atoms with Gasteiger partial charge in [-0.25, -0.2) is 4.98 Å². The van der Waals surface area contributed by atoms with Crippen LogP contribution in [0.15, 0.2) is 36.5 Å². The molecule has 0 spiro atoms. The van der Waals surface area contributed by atoms with Crippen LogP contribution in [0.1, 0.15) is 12.0 Å². The third-order valence-electron chi connectivity index (χ3n) is 6.56. The Morgan fingerprint density at radius 3 is 2.61 bits per heavy atom. The molecule has 1 aromatic heterocycles. The first-order chi connectivity index (χ1) is 15.2. The fraction of sp³-hybridized carbons (Fsp3) is 0.522. The number of benzene rings is 1. The molecule has 166 valence electrons. The number of aliphatic hydroxyl groups is 1. The van der Waals surface area contributed by atoms with E-state index in [9.17, 15) is 5.11 Å². The van der Waals surface area contributed by atoms with Crippen molar-refractivity contribution in [3.05, 3.63) is 42.1 Å². The summed E-state index contributed by atoms with van der Waals surface area (Å²) in [7, 11) is 1.67. The number of hydrogen-bond donors (Lipinski definition) is 1. The number of nitrogens with zero attached hydrogens (tertiary/aromatic N) is 4. The van der Waals surface area contributed by atoms with Gasteiger partial charge in [0, 0.05) is 69.7 Å². The maximum Gasteiger partial charge on any atom is 0.231 e. The van der Waals surface area contributed by atoms with E-state index in [2.05, 4.69) is 25.8 Å². The number of β-amino-alcohol motifs (C(OH)–C–C–N with tert-alkyl or cyclic N) is 1. The molecular weight excluding hydrogens is 396 g/mol. The van der Waals surface area contributed by atoms with Crippen LogP contribution < -0.4 is 19.1 Å². The van der Waals surface area contributed by atoms with Crippen LogP contribution in [0.25, 0.3) is 0 Å². The largest absolute Gasteiger partial charge is 0.496 e. The van der Waals surface area contributed by atoms with Crippen LogP contribution in [-0.2, 0) is 6.54 Å². The predicted molar refractivity (Wildman–Crippen MR) is 117 cm³/mol. The molecule has 5 rings (SSSR count). The number of piperidine rings is 1. The number of aromatic nitrogens is 1. The highest BCUT2D eigenvalue weighted by Gasteiger charge is 2.34. The van der Waals surface area contributed by atoms with E-state index in [0.717, 1.165) is 74.3 Å². The number of pyridine rings is 1. The SMILES string of the molecule is COc1cc2c(cc1CN1CC[C@@H](N3CCN(c4ccccn4)CC3)[C@H](O)C1)OCO2. The van der Waals surface area contributed by atoms with Gasteiger partial charge in [-0.15, -0.1) is 0 Å². The summed E-state index contributed by atoms with van der Waals surface area (Å²) >= 11 is 0. The minimum atomic E-state index is -0.366. The summed E-state index contributed by atoms with van der Waals surface area (Å²) in [5.74, 6) is 3.32. The maximum absolute atomic E-state index is 10.9. The van der Waals surface area contributed by atoms with E-state index in [1.165, 1.54) is 0 Å². The Morgan fingerprint density at radius 2 is 1.90 bits per heavy atom. The van der Waals surface area contributed by atoms with E-state index < -0.39 is 0 Å². The molecule has 3 aliphatic rings. The van der Waals surface area contributed by atoms with E-state index >= 15 is 0 Å². The minimum Gasteiger partial charge on any atom is -0.496 e. The molecule has 3 aliphatic heterocycles. The van der Waals surface area contributed by atoms with Gasteiger partial charge in [-0.1, -0.05) is 6.07 Å². The van der Waals surface area contributed by atoms with Crippen LogP contribution in [0.3, 0.4) is 0 Å². The molecule has 8 heteroatoms. The van der Waals surface area contributed by atoms with Gasteiger partial charge >= 0.3 is 0 Å². The van der Waals surface area contributed by atoms with Gasteiger partial charge in [0.25, 0.3) is 0 Å². The highest BCUT2D eigenvalue weighted by molar-refractivity contribution is 5.51. The number of piperazine rings is 1. The maximum atomic E-state index is 10.9. The van der Waals surface area contributed by atoms with Gasteiger partial charge in [-0.3, -0.25) is 9.80 Å². The van der Waals surface area contributed by atoms with Gasteiger partial charge in [0.05, 0.1) is 13.2 Å². The number of methoxy groups -OCH3 is 1. The Labute approximate surface area is 182 Å². The van der Waals surface area contributed by atoms with Crippen LogP contribution in [0, 0.1) is 0 Å². The number of anilines is 1. The molecule has 8 nitrogen and oxygen atoms in total. The lowest BCUT2D eigenvalue weighted by Gasteiger charge is -2.45. The molecule has 0 bridgehead atoms. The van der Waals surface area contributed by atoms with Crippen LogP contribution >= 0.6 is 0 Å². The Balaban J connectivity index is 1.17. The molecule has 4 heterocycles. The lowest BCUT2D eigenvalue weighted by Crippen LogP contribution is -2.58. The van der Waals surface area contributed by atoms with Crippen LogP contribution in [0.5, 0.6) is 17.2 Å². The van der Waals surface area contributed by atoms with Crippen molar-refractivity contribution < 1.29 is 19.3 Å². The second-order valence-electron chi connectivity index (χ2n) is 8.39. The summed E-state index contributed by atoms with van der Waals surface area (Å²) in [4.78, 5) is 11.5. The number of hydrogen-bond acceptors (Lipinski definition) is 8. The average Bonchev–Trinajstić information content (AvgIpc) is 3.27. The molecule has 0 amide bonds. The molecule has 31 heavy (non-hydrogen) atoms. The first-order valence-corrected chi connectivity index (χ1v) is 11.0. The Kier molecular flexibility index (Phi) is 5.85. The van der Waals surface area contributed by atoms with Gasteiger partial charge < -0.3 is 24.2 Å². The zero-order valence-corrected chi connectivity index (χ0v) is 17.9. The van der Waals surface area contributed by atoms with Crippen molar-refractivity contribution in [3.63, 3.8) is 0 Å². The molecule has 0 radical (unpaired) electrons. The van der Waals surface area contributed by atoms with Crippen molar-refractivity contribution in [3.8, 4) is 17.2 Å². The number of likely N-dealkylation sites (tertiary alicyclic amines) is 1. The summed E-state index contributed by atoms with van der Waals surface area (Å²) < 4.78 is 16.5. The Hall–Kier alpha value is -2.55. The third-order valence-corrected chi connectivity index (χ3v) is 6.56. The lowest BCUT2D eigenvalue weighted by molar-refractivity contribution is -0.0173. The number of rotatable bonds is 5. The topological polar surface area (TPSA) is 70.5 Å². The van der Waals surface area contributed by atoms with Crippen molar-refractivity contribution in [2.24, 2.45) is 0 Å². The first kappa shape index (κ1) is 20.4. The molecular formula is C23H30N4O4. The highest BCUT2D eigenvalue weighted by Crippen LogP contribution is 2.38. The van der Waals surface area contributed by atoms with E-state index in [-0.39, 0.29) is 18.9 Å². The van der Waals surface area contributed by atoms with Crippen LogP contribution in [0.2, 0.25) is 0 Å². The standard InChI is InChI=1S/C23H30N4O4/c1-29-20-13-22-21(30-16-31-22)12-17(20)14-25-7-5-18(19(28)15-25)26-8-10-27(11-9-26)23-4-2-3-6-24-23/h2-4,6,12-13,18-19,28H,5,7-11,14-16H2,1H3/t18-,19-/m1/s1. The van der Waals surface area contributed by atoms with Crippen molar-refractivity contribution >= 4 is 5.82 Å². The van der Waals surface area contributed by atoms with Crippen molar-refractivity contribution in [2.45, 2.75) is 25.1 Å². The highest BCUT2D eigenvalue weighted by atomic mass is 16.7. The van der Waals surface area contributed by atoms with E-state index in [1.807, 2.05) is 30.5 Å². The molecule has 0 saturated carbocycles. The first-order valence-electron chi connectivity index (χ1n) is 11.0. The zero-order chi connectivity index (χ0) is 21.2. The van der Waals surface area contributed by atoms with E-state index in [0.29, 0.717) is 6.54 Å². The summed E-state index contributed by atoms with van der Waals surface area (Å²) in [5, 5.41) is 10.9. The molecule has 2 aromatic rings. The second-order valence-corrected chi connectivity index (χ2v) is 8.39. The monoisotopic (exact) mass is 426 g/mol.